The molecule has 0 bridgehead atoms. The van der Waals surface area contributed by atoms with Crippen LogP contribution in [0.25, 0.3) is 0 Å². The highest BCUT2D eigenvalue weighted by atomic mass is 19.4. The molecule has 0 aliphatic carbocycles. The number of ether oxygens (including phenoxy) is 5. The molecule has 2 aromatic carbocycles. The average molecular weight is 927 g/mol. The summed E-state index contributed by atoms with van der Waals surface area (Å²) in [7, 11) is 1.61. The van der Waals surface area contributed by atoms with Gasteiger partial charge in [-0.15, -0.1) is 0 Å². The molecular weight excluding hydrogens is 859 g/mol. The van der Waals surface area contributed by atoms with Crippen molar-refractivity contribution >= 4 is 11.9 Å². The molecule has 1 aliphatic rings. The van der Waals surface area contributed by atoms with E-state index in [2.05, 4.69) is 6.08 Å². The minimum atomic E-state index is -5.15. The highest BCUT2D eigenvalue weighted by Gasteiger charge is 2.66. The Hall–Kier alpha value is -4.02. The van der Waals surface area contributed by atoms with E-state index in [1.165, 1.54) is 62.4 Å². The van der Waals surface area contributed by atoms with Crippen LogP contribution in [0.2, 0.25) is 0 Å². The van der Waals surface area contributed by atoms with Crippen molar-refractivity contribution in [1.29, 1.82) is 0 Å². The molecular formula is C50H68F6O9. The number of benzene rings is 2. The number of carbonyl (C=O) groups is 2. The zero-order valence-corrected chi connectivity index (χ0v) is 39.3. The quantitative estimate of drug-likeness (QED) is 0.0486. The Bertz CT molecular complexity index is 1930. The van der Waals surface area contributed by atoms with E-state index < -0.39 is 81.7 Å². The molecule has 6 atom stereocenters. The van der Waals surface area contributed by atoms with Crippen molar-refractivity contribution < 1.29 is 69.8 Å². The molecule has 1 aliphatic heterocycles. The van der Waals surface area contributed by atoms with Gasteiger partial charge in [-0.3, -0.25) is 0 Å². The third kappa shape index (κ3) is 14.0. The molecule has 0 radical (unpaired) electrons. The molecule has 9 nitrogen and oxygen atoms in total. The lowest BCUT2D eigenvalue weighted by Crippen LogP contribution is -2.55. The summed E-state index contributed by atoms with van der Waals surface area (Å²) < 4.78 is 115. The van der Waals surface area contributed by atoms with Crippen LogP contribution in [0.15, 0.2) is 95.6 Å². The molecule has 3 rings (SSSR count). The maximum Gasteiger partial charge on any atom is 0.432 e. The predicted molar refractivity (Wildman–Crippen MR) is 235 cm³/mol. The first-order chi connectivity index (χ1) is 30.1. The summed E-state index contributed by atoms with van der Waals surface area (Å²) >= 11 is 0. The second kappa shape index (κ2) is 22.6. The molecule has 0 saturated carbocycles. The summed E-state index contributed by atoms with van der Waals surface area (Å²) in [5.74, 6) is -3.27. The fourth-order valence-electron chi connectivity index (χ4n) is 8.07. The lowest BCUT2D eigenvalue weighted by atomic mass is 9.88. The molecule has 364 valence electrons. The van der Waals surface area contributed by atoms with Gasteiger partial charge in [0.2, 0.25) is 0 Å². The smallest absolute Gasteiger partial charge is 0.432 e. The van der Waals surface area contributed by atoms with E-state index in [0.29, 0.717) is 44.9 Å². The van der Waals surface area contributed by atoms with Crippen LogP contribution in [-0.2, 0) is 44.5 Å². The molecule has 65 heavy (non-hydrogen) atoms. The van der Waals surface area contributed by atoms with E-state index in [-0.39, 0.29) is 12.8 Å². The highest BCUT2D eigenvalue weighted by Crippen LogP contribution is 2.47. The van der Waals surface area contributed by atoms with Crippen LogP contribution < -0.4 is 0 Å². The van der Waals surface area contributed by atoms with Crippen LogP contribution in [-0.4, -0.2) is 83.8 Å². The second-order valence-electron chi connectivity index (χ2n) is 18.4. The first-order valence-corrected chi connectivity index (χ1v) is 22.0. The van der Waals surface area contributed by atoms with Crippen LogP contribution in [0, 0.1) is 0 Å². The number of allylic oxidation sites excluding steroid dienone is 6. The maximum absolute atomic E-state index is 14.8. The monoisotopic (exact) mass is 926 g/mol. The number of alkyl halides is 6. The molecule has 0 amide bonds. The van der Waals surface area contributed by atoms with Crippen LogP contribution in [0.1, 0.15) is 131 Å². The summed E-state index contributed by atoms with van der Waals surface area (Å²) in [5.41, 5.74) is -8.72. The number of hydrogen-bond acceptors (Lipinski definition) is 9. The van der Waals surface area contributed by atoms with E-state index in [9.17, 15) is 46.1 Å². The second-order valence-corrected chi connectivity index (χ2v) is 18.4. The van der Waals surface area contributed by atoms with E-state index in [4.69, 9.17) is 23.7 Å². The Kier molecular flexibility index (Phi) is 19.3. The fourth-order valence-corrected chi connectivity index (χ4v) is 8.07. The van der Waals surface area contributed by atoms with Gasteiger partial charge in [0.05, 0.1) is 17.3 Å². The normalized spacial score (nSPS) is 21.0. The Morgan fingerprint density at radius 3 is 1.51 bits per heavy atom. The first-order valence-electron chi connectivity index (χ1n) is 22.0. The number of hydrogen-bond donors (Lipinski definition) is 2. The number of unbranched alkanes of at least 4 members (excludes halogenated alkanes) is 1. The molecule has 2 aromatic rings. The number of halogens is 6. The largest absolute Gasteiger partial charge is 0.457 e. The van der Waals surface area contributed by atoms with Gasteiger partial charge in [-0.05, 0) is 120 Å². The molecule has 0 unspecified atom stereocenters. The zero-order valence-electron chi connectivity index (χ0n) is 39.3. The number of aliphatic hydroxyl groups is 2. The zero-order chi connectivity index (χ0) is 49.1. The standard InChI is InChI=1S/C50H68F6O9/c1-34(22-19-23-36(3)28-30-39(44(4,5)59)63-42(57)47(61-9,49(51,52)53)37-24-13-11-14-25-37)20-17-18-21-35(2)29-31-41(46(8)33-32-40(65-46)45(6,7)60)64-43(58)48(62-10,50(54,55)56)38-26-15-12-16-27-38/h11-16,20-21,23-27,39-41,59-60H,17-19,22,28-33H2,1-10H3/b34-20+,35-21+,36-23+/t39-,40-,41-,46+,47-,48-/m1/s1. The van der Waals surface area contributed by atoms with Crippen molar-refractivity contribution in [2.24, 2.45) is 0 Å². The van der Waals surface area contributed by atoms with Crippen molar-refractivity contribution in [1.82, 2.24) is 0 Å². The van der Waals surface area contributed by atoms with Crippen LogP contribution in [0.5, 0.6) is 0 Å². The Morgan fingerprint density at radius 1 is 0.692 bits per heavy atom. The first kappa shape index (κ1) is 55.3. The summed E-state index contributed by atoms with van der Waals surface area (Å²) in [6.45, 7) is 13.4. The maximum atomic E-state index is 14.8. The third-order valence-electron chi connectivity index (χ3n) is 12.2. The Morgan fingerprint density at radius 2 is 1.11 bits per heavy atom. The Balaban J connectivity index is 1.62. The topological polar surface area (TPSA) is 121 Å². The fraction of sp³-hybridized carbons (Fsp3) is 0.600. The average Bonchev–Trinajstić information content (AvgIpc) is 3.63. The molecule has 2 N–H and O–H groups in total. The van der Waals surface area contributed by atoms with Crippen molar-refractivity contribution in [3.63, 3.8) is 0 Å². The SMILES string of the molecule is CO[C@@](C(=O)O[C@H](CC/C(C)=C/CC/C(C)=C/CC/C=C(\C)CC[C@@H](OC(=O)[C@](OC)(c1ccccc1)C(F)(F)F)[C@]1(C)CC[C@H](C(C)(C)O)O1)C(C)(C)O)(c1ccccc1)C(F)(F)F. The van der Waals surface area contributed by atoms with E-state index in [1.54, 1.807) is 20.8 Å². The number of esters is 2. The molecule has 15 heteroatoms. The van der Waals surface area contributed by atoms with Crippen molar-refractivity contribution in [2.75, 3.05) is 14.2 Å². The third-order valence-corrected chi connectivity index (χ3v) is 12.2. The van der Waals surface area contributed by atoms with Gasteiger partial charge in [0.25, 0.3) is 11.2 Å². The van der Waals surface area contributed by atoms with Gasteiger partial charge in [-0.2, -0.15) is 26.3 Å². The van der Waals surface area contributed by atoms with Crippen LogP contribution in [0.4, 0.5) is 26.3 Å². The minimum Gasteiger partial charge on any atom is -0.457 e. The number of methoxy groups -OCH3 is 2. The van der Waals surface area contributed by atoms with Gasteiger partial charge in [0.15, 0.2) is 0 Å². The molecule has 1 fully saturated rings. The highest BCUT2D eigenvalue weighted by molar-refractivity contribution is 5.83. The van der Waals surface area contributed by atoms with E-state index >= 15 is 0 Å². The summed E-state index contributed by atoms with van der Waals surface area (Å²) in [5, 5.41) is 21.5. The minimum absolute atomic E-state index is 0.0660. The van der Waals surface area contributed by atoms with Crippen LogP contribution >= 0.6 is 0 Å². The summed E-state index contributed by atoms with van der Waals surface area (Å²) in [6, 6.07) is 13.1. The van der Waals surface area contributed by atoms with E-state index in [0.717, 1.165) is 49.5 Å². The molecule has 0 spiro atoms. The van der Waals surface area contributed by atoms with Crippen molar-refractivity contribution in [3.8, 4) is 0 Å². The molecule has 0 aromatic heterocycles. The van der Waals surface area contributed by atoms with Gasteiger partial charge in [-0.1, -0.05) is 95.6 Å². The van der Waals surface area contributed by atoms with Gasteiger partial charge in [0, 0.05) is 25.3 Å². The molecule has 1 saturated heterocycles. The molecule has 1 heterocycles. The van der Waals surface area contributed by atoms with Crippen LogP contribution in [0.3, 0.4) is 0 Å². The van der Waals surface area contributed by atoms with Gasteiger partial charge in [0.1, 0.15) is 17.8 Å². The lowest BCUT2D eigenvalue weighted by Gasteiger charge is -2.39. The summed E-state index contributed by atoms with van der Waals surface area (Å²) in [6.07, 6.45) is -2.68. The number of carbonyl (C=O) groups excluding carboxylic acids is 2. The predicted octanol–water partition coefficient (Wildman–Crippen LogP) is 11.5. The van der Waals surface area contributed by atoms with Crippen molar-refractivity contribution in [3.05, 3.63) is 107 Å². The van der Waals surface area contributed by atoms with Gasteiger partial charge >= 0.3 is 24.3 Å². The van der Waals surface area contributed by atoms with Gasteiger partial charge < -0.3 is 33.9 Å². The Labute approximate surface area is 380 Å². The summed E-state index contributed by atoms with van der Waals surface area (Å²) in [4.78, 5) is 27.0. The van der Waals surface area contributed by atoms with E-state index in [1.807, 2.05) is 32.9 Å². The van der Waals surface area contributed by atoms with Gasteiger partial charge in [-0.25, -0.2) is 9.59 Å². The number of rotatable bonds is 23. The lowest BCUT2D eigenvalue weighted by molar-refractivity contribution is -0.282. The van der Waals surface area contributed by atoms with Crippen molar-refractivity contribution in [2.45, 2.75) is 178 Å².